The van der Waals surface area contributed by atoms with Crippen LogP contribution in [0.3, 0.4) is 0 Å². The molecular formula is C25H34N2. The molecule has 0 radical (unpaired) electrons. The van der Waals surface area contributed by atoms with Crippen LogP contribution in [0, 0.1) is 0 Å². The summed E-state index contributed by atoms with van der Waals surface area (Å²) in [6, 6.07) is 17.3. The smallest absolute Gasteiger partial charge is 0.0629 e. The quantitative estimate of drug-likeness (QED) is 0.384. The van der Waals surface area contributed by atoms with Crippen molar-refractivity contribution in [3.63, 3.8) is 0 Å². The van der Waals surface area contributed by atoms with Gasteiger partial charge < -0.3 is 0 Å². The van der Waals surface area contributed by atoms with Crippen molar-refractivity contribution in [2.24, 2.45) is 9.98 Å². The third-order valence-electron chi connectivity index (χ3n) is 4.71. The minimum atomic E-state index is 0.942. The molecule has 2 heteroatoms. The van der Waals surface area contributed by atoms with Crippen molar-refractivity contribution in [2.75, 3.05) is 0 Å². The maximum atomic E-state index is 4.71. The molecule has 2 rings (SSSR count). The summed E-state index contributed by atoms with van der Waals surface area (Å²) < 4.78 is 0. The predicted molar refractivity (Wildman–Crippen MR) is 120 cm³/mol. The molecule has 0 fully saturated rings. The summed E-state index contributed by atoms with van der Waals surface area (Å²) in [5, 5.41) is 0. The number of nitrogens with zero attached hydrogens (tertiary/aromatic N) is 2. The molecule has 0 aliphatic rings. The van der Waals surface area contributed by atoms with Gasteiger partial charge in [-0.15, -0.1) is 0 Å². The maximum Gasteiger partial charge on any atom is 0.0629 e. The molecule has 0 spiro atoms. The van der Waals surface area contributed by atoms with Crippen LogP contribution in [0.2, 0.25) is 0 Å². The lowest BCUT2D eigenvalue weighted by Crippen LogP contribution is -1.91. The summed E-state index contributed by atoms with van der Waals surface area (Å²) in [7, 11) is 0. The number of aliphatic imine (C=N–C) groups is 2. The average molecular weight is 363 g/mol. The summed E-state index contributed by atoms with van der Waals surface area (Å²) in [6.45, 7) is 8.68. The molecule has 0 atom stereocenters. The third-order valence-corrected chi connectivity index (χ3v) is 4.71. The van der Waals surface area contributed by atoms with Gasteiger partial charge in [0.25, 0.3) is 0 Å². The highest BCUT2D eigenvalue weighted by atomic mass is 14.7. The summed E-state index contributed by atoms with van der Waals surface area (Å²) in [6.07, 6.45) is 7.98. The average Bonchev–Trinajstić information content (AvgIpc) is 2.68. The molecule has 0 bridgehead atoms. The standard InChI is InChI=1S/C25H34N2/c1-5-7-9-20(3)26-24-15-11-22(12-16-24)19-23-13-17-25(18-14-23)27-21(4)10-8-6-2/h11-18H,5-10,19H2,1-4H3. The van der Waals surface area contributed by atoms with E-state index in [-0.39, 0.29) is 0 Å². The molecule has 0 saturated carbocycles. The van der Waals surface area contributed by atoms with E-state index in [1.165, 1.54) is 48.2 Å². The van der Waals surface area contributed by atoms with Crippen molar-refractivity contribution in [3.05, 3.63) is 59.7 Å². The first kappa shape index (κ1) is 21.1. The SMILES string of the molecule is CCCCC(C)=Nc1ccc(Cc2ccc(N=C(C)CCCC)cc2)cc1. The highest BCUT2D eigenvalue weighted by Gasteiger charge is 1.99. The first-order valence-corrected chi connectivity index (χ1v) is 10.4. The Morgan fingerprint density at radius 2 is 1.00 bits per heavy atom. The Labute approximate surface area is 165 Å². The van der Waals surface area contributed by atoms with E-state index in [0.29, 0.717) is 0 Å². The first-order valence-electron chi connectivity index (χ1n) is 10.4. The van der Waals surface area contributed by atoms with Crippen LogP contribution < -0.4 is 0 Å². The van der Waals surface area contributed by atoms with E-state index in [1.807, 2.05) is 0 Å². The van der Waals surface area contributed by atoms with Crippen molar-refractivity contribution in [2.45, 2.75) is 72.6 Å². The van der Waals surface area contributed by atoms with Gasteiger partial charge in [-0.25, -0.2) is 0 Å². The van der Waals surface area contributed by atoms with E-state index < -0.39 is 0 Å². The Kier molecular flexibility index (Phi) is 8.97. The van der Waals surface area contributed by atoms with Gasteiger partial charge in [0, 0.05) is 11.4 Å². The second kappa shape index (κ2) is 11.5. The van der Waals surface area contributed by atoms with Crippen LogP contribution in [-0.2, 0) is 6.42 Å². The summed E-state index contributed by atoms with van der Waals surface area (Å²) >= 11 is 0. The summed E-state index contributed by atoms with van der Waals surface area (Å²) in [5.41, 5.74) is 7.18. The molecule has 2 nitrogen and oxygen atoms in total. The molecule has 0 heterocycles. The highest BCUT2D eigenvalue weighted by molar-refractivity contribution is 5.85. The fraction of sp³-hybridized carbons (Fsp3) is 0.440. The number of rotatable bonds is 10. The topological polar surface area (TPSA) is 24.7 Å². The third kappa shape index (κ3) is 7.90. The van der Waals surface area contributed by atoms with Gasteiger partial charge in [-0.1, -0.05) is 51.0 Å². The minimum absolute atomic E-state index is 0.942. The second-order valence-electron chi connectivity index (χ2n) is 7.41. The fourth-order valence-electron chi connectivity index (χ4n) is 3.03. The molecule has 0 aliphatic heterocycles. The molecule has 0 aliphatic carbocycles. The van der Waals surface area contributed by atoms with Gasteiger partial charge in [0.05, 0.1) is 11.4 Å². The molecule has 27 heavy (non-hydrogen) atoms. The van der Waals surface area contributed by atoms with Gasteiger partial charge in [0.2, 0.25) is 0 Å². The monoisotopic (exact) mass is 362 g/mol. The van der Waals surface area contributed by atoms with Crippen LogP contribution in [0.15, 0.2) is 58.5 Å². The first-order chi connectivity index (χ1) is 13.1. The number of hydrogen-bond donors (Lipinski definition) is 0. The van der Waals surface area contributed by atoms with E-state index in [1.54, 1.807) is 0 Å². The van der Waals surface area contributed by atoms with Crippen molar-refractivity contribution in [1.82, 2.24) is 0 Å². The lowest BCUT2D eigenvalue weighted by molar-refractivity contribution is 0.833. The molecule has 0 saturated heterocycles. The Morgan fingerprint density at radius 1 is 0.630 bits per heavy atom. The van der Waals surface area contributed by atoms with Gasteiger partial charge in [0.15, 0.2) is 0 Å². The Hall–Kier alpha value is -2.22. The van der Waals surface area contributed by atoms with E-state index in [2.05, 4.69) is 76.2 Å². The van der Waals surface area contributed by atoms with Gasteiger partial charge in [0.1, 0.15) is 0 Å². The predicted octanol–water partition coefficient (Wildman–Crippen LogP) is 7.84. The zero-order valence-electron chi connectivity index (χ0n) is 17.5. The molecule has 0 aromatic heterocycles. The molecule has 0 N–H and O–H groups in total. The number of hydrogen-bond acceptors (Lipinski definition) is 2. The van der Waals surface area contributed by atoms with Crippen molar-refractivity contribution in [3.8, 4) is 0 Å². The van der Waals surface area contributed by atoms with E-state index in [4.69, 9.17) is 9.98 Å². The van der Waals surface area contributed by atoms with E-state index in [0.717, 1.165) is 30.6 Å². The van der Waals surface area contributed by atoms with Crippen LogP contribution in [0.4, 0.5) is 11.4 Å². The van der Waals surface area contributed by atoms with Gasteiger partial charge in [-0.05, 0) is 81.3 Å². The fourth-order valence-corrected chi connectivity index (χ4v) is 3.03. The molecule has 144 valence electrons. The molecule has 2 aromatic rings. The number of unbranched alkanes of at least 4 members (excludes halogenated alkanes) is 2. The summed E-state index contributed by atoms with van der Waals surface area (Å²) in [4.78, 5) is 9.41. The normalized spacial score (nSPS) is 12.4. The lowest BCUT2D eigenvalue weighted by Gasteiger charge is -2.05. The molecule has 2 aromatic carbocycles. The molecular weight excluding hydrogens is 328 g/mol. The van der Waals surface area contributed by atoms with Crippen LogP contribution >= 0.6 is 0 Å². The van der Waals surface area contributed by atoms with Crippen molar-refractivity contribution in [1.29, 1.82) is 0 Å². The highest BCUT2D eigenvalue weighted by Crippen LogP contribution is 2.19. The molecule has 0 unspecified atom stereocenters. The van der Waals surface area contributed by atoms with Gasteiger partial charge in [-0.2, -0.15) is 0 Å². The van der Waals surface area contributed by atoms with E-state index >= 15 is 0 Å². The van der Waals surface area contributed by atoms with Gasteiger partial charge in [-0.3, -0.25) is 9.98 Å². The van der Waals surface area contributed by atoms with Crippen molar-refractivity contribution >= 4 is 22.8 Å². The van der Waals surface area contributed by atoms with Crippen LogP contribution in [0.25, 0.3) is 0 Å². The lowest BCUT2D eigenvalue weighted by atomic mass is 10.0. The summed E-state index contributed by atoms with van der Waals surface area (Å²) in [5.74, 6) is 0. The van der Waals surface area contributed by atoms with Crippen molar-refractivity contribution < 1.29 is 0 Å². The van der Waals surface area contributed by atoms with Crippen LogP contribution in [0.5, 0.6) is 0 Å². The van der Waals surface area contributed by atoms with Crippen LogP contribution in [0.1, 0.15) is 77.3 Å². The maximum absolute atomic E-state index is 4.71. The zero-order chi connectivity index (χ0) is 19.5. The Bertz CT molecular complexity index is 671. The Morgan fingerprint density at radius 3 is 1.33 bits per heavy atom. The zero-order valence-corrected chi connectivity index (χ0v) is 17.5. The Balaban J connectivity index is 1.95. The van der Waals surface area contributed by atoms with E-state index in [9.17, 15) is 0 Å². The minimum Gasteiger partial charge on any atom is -0.258 e. The number of benzene rings is 2. The molecule has 0 amide bonds. The largest absolute Gasteiger partial charge is 0.258 e. The second-order valence-corrected chi connectivity index (χ2v) is 7.41. The van der Waals surface area contributed by atoms with Crippen LogP contribution in [-0.4, -0.2) is 11.4 Å². The van der Waals surface area contributed by atoms with Gasteiger partial charge >= 0.3 is 0 Å².